The zero-order valence-electron chi connectivity index (χ0n) is 9.96. The maximum atomic E-state index is 9.31. The molecule has 0 unspecified atom stereocenters. The minimum Gasteiger partial charge on any atom is -0.360 e. The summed E-state index contributed by atoms with van der Waals surface area (Å²) in [6.07, 6.45) is 1.78. The lowest BCUT2D eigenvalue weighted by atomic mass is 10.3. The zero-order valence-corrected chi connectivity index (χ0v) is 11.6. The molecule has 0 atom stereocenters. The van der Waals surface area contributed by atoms with Gasteiger partial charge in [-0.15, -0.1) is 11.3 Å². The molecule has 0 amide bonds. The number of nitrogens with one attached hydrogen (secondary N) is 1. The second kappa shape index (κ2) is 4.96. The summed E-state index contributed by atoms with van der Waals surface area (Å²) in [6, 6.07) is 10.1. The molecule has 1 N–H and O–H groups in total. The van der Waals surface area contributed by atoms with Crippen molar-refractivity contribution in [3.05, 3.63) is 35.5 Å². The van der Waals surface area contributed by atoms with Crippen LogP contribution in [0.25, 0.3) is 15.8 Å². The molecular weight excluding hydrogens is 276 g/mol. The maximum absolute atomic E-state index is 9.31. The number of thiocarbonyl (C=S) groups is 1. The summed E-state index contributed by atoms with van der Waals surface area (Å²) in [7, 11) is 0. The molecule has 2 heterocycles. The van der Waals surface area contributed by atoms with E-state index in [4.69, 9.17) is 12.2 Å². The molecule has 0 bridgehead atoms. The van der Waals surface area contributed by atoms with Gasteiger partial charge in [-0.3, -0.25) is 0 Å². The Bertz CT molecular complexity index is 678. The van der Waals surface area contributed by atoms with E-state index < -0.39 is 0 Å². The summed E-state index contributed by atoms with van der Waals surface area (Å²) in [5.41, 5.74) is 1.47. The van der Waals surface area contributed by atoms with E-state index in [1.54, 1.807) is 6.20 Å². The fourth-order valence-corrected chi connectivity index (χ4v) is 3.06. The summed E-state index contributed by atoms with van der Waals surface area (Å²) in [5, 5.41) is 13.8. The molecule has 19 heavy (non-hydrogen) atoms. The molecule has 94 valence electrons. The summed E-state index contributed by atoms with van der Waals surface area (Å²) < 4.78 is 1.08. The lowest BCUT2D eigenvalue weighted by molar-refractivity contribution is 0.630. The molecule has 4 nitrogen and oxygen atoms in total. The molecule has 0 radical (unpaired) electrons. The van der Waals surface area contributed by atoms with Crippen LogP contribution >= 0.6 is 23.6 Å². The number of nitrogens with zero attached hydrogens (tertiary/aromatic N) is 3. The normalized spacial score (nSPS) is 15.6. The van der Waals surface area contributed by atoms with Gasteiger partial charge in [-0.25, -0.2) is 4.98 Å². The molecule has 1 aromatic carbocycles. The highest BCUT2D eigenvalue weighted by molar-refractivity contribution is 7.80. The summed E-state index contributed by atoms with van der Waals surface area (Å²) in [6.45, 7) is 1.60. The molecule has 0 aliphatic carbocycles. The van der Waals surface area contributed by atoms with Crippen molar-refractivity contribution in [2.24, 2.45) is 0 Å². The number of benzene rings is 1. The van der Waals surface area contributed by atoms with E-state index in [2.05, 4.69) is 16.4 Å². The van der Waals surface area contributed by atoms with Gasteiger partial charge in [-0.1, -0.05) is 12.1 Å². The van der Waals surface area contributed by atoms with Crippen LogP contribution in [0.1, 0.15) is 5.01 Å². The van der Waals surface area contributed by atoms with Gasteiger partial charge in [0, 0.05) is 19.3 Å². The van der Waals surface area contributed by atoms with Crippen LogP contribution in [0, 0.1) is 11.3 Å². The molecule has 1 saturated heterocycles. The Kier molecular flexibility index (Phi) is 3.15. The Labute approximate surface area is 120 Å². The number of aromatic nitrogens is 1. The number of fused-ring (bicyclic) bond motifs is 1. The number of allylic oxidation sites excluding steroid dienone is 1. The first-order valence-corrected chi connectivity index (χ1v) is 7.03. The van der Waals surface area contributed by atoms with Crippen LogP contribution in [-0.4, -0.2) is 28.1 Å². The predicted octanol–water partition coefficient (Wildman–Crippen LogP) is 2.35. The molecule has 1 aliphatic rings. The van der Waals surface area contributed by atoms with Crippen LogP contribution in [0.4, 0.5) is 0 Å². The quantitative estimate of drug-likeness (QED) is 0.678. The number of hydrogen-bond donors (Lipinski definition) is 1. The van der Waals surface area contributed by atoms with Crippen molar-refractivity contribution < 1.29 is 0 Å². The third-order valence-electron chi connectivity index (χ3n) is 2.82. The van der Waals surface area contributed by atoms with Crippen molar-refractivity contribution in [3.8, 4) is 6.07 Å². The van der Waals surface area contributed by atoms with Crippen molar-refractivity contribution in [1.29, 1.82) is 5.26 Å². The first-order valence-electron chi connectivity index (χ1n) is 5.80. The Balaban J connectivity index is 2.00. The minimum atomic E-state index is 0.548. The molecule has 0 saturated carbocycles. The van der Waals surface area contributed by atoms with Gasteiger partial charge in [0.2, 0.25) is 0 Å². The average Bonchev–Trinajstić information content (AvgIpc) is 3.02. The number of hydrogen-bond acceptors (Lipinski definition) is 4. The molecule has 1 fully saturated rings. The van der Waals surface area contributed by atoms with E-state index >= 15 is 0 Å². The molecule has 1 aliphatic heterocycles. The van der Waals surface area contributed by atoms with Crippen molar-refractivity contribution in [1.82, 2.24) is 15.2 Å². The largest absolute Gasteiger partial charge is 0.360 e. The second-order valence-electron chi connectivity index (χ2n) is 4.07. The number of nitriles is 1. The van der Waals surface area contributed by atoms with Gasteiger partial charge in [0.05, 0.1) is 10.2 Å². The van der Waals surface area contributed by atoms with Gasteiger partial charge < -0.3 is 10.2 Å². The molecule has 1 aromatic heterocycles. The van der Waals surface area contributed by atoms with E-state index in [-0.39, 0.29) is 0 Å². The van der Waals surface area contributed by atoms with E-state index in [9.17, 15) is 5.26 Å². The Morgan fingerprint density at radius 2 is 2.37 bits per heavy atom. The highest BCUT2D eigenvalue weighted by Gasteiger charge is 2.16. The SMILES string of the molecule is N#C/C(=C/N1CCNC1=S)c1nc2ccccc2s1. The summed E-state index contributed by atoms with van der Waals surface area (Å²) >= 11 is 6.69. The van der Waals surface area contributed by atoms with Gasteiger partial charge in [0.25, 0.3) is 0 Å². The lowest BCUT2D eigenvalue weighted by Gasteiger charge is -2.10. The van der Waals surface area contributed by atoms with Crippen molar-refractivity contribution in [3.63, 3.8) is 0 Å². The number of rotatable bonds is 2. The van der Waals surface area contributed by atoms with Crippen LogP contribution in [0.5, 0.6) is 0 Å². The van der Waals surface area contributed by atoms with Crippen molar-refractivity contribution in [2.45, 2.75) is 0 Å². The Morgan fingerprint density at radius 1 is 1.53 bits per heavy atom. The van der Waals surface area contributed by atoms with E-state index in [1.165, 1.54) is 11.3 Å². The van der Waals surface area contributed by atoms with Gasteiger partial charge in [0.1, 0.15) is 16.6 Å². The zero-order chi connectivity index (χ0) is 13.2. The monoisotopic (exact) mass is 286 g/mol. The van der Waals surface area contributed by atoms with Gasteiger partial charge >= 0.3 is 0 Å². The molecule has 2 aromatic rings. The molecule has 3 rings (SSSR count). The highest BCUT2D eigenvalue weighted by Crippen LogP contribution is 2.27. The number of thiazole rings is 1. The average molecular weight is 286 g/mol. The second-order valence-corrected chi connectivity index (χ2v) is 5.48. The first-order chi connectivity index (χ1) is 9.28. The van der Waals surface area contributed by atoms with E-state index in [0.29, 0.717) is 10.7 Å². The lowest BCUT2D eigenvalue weighted by Crippen LogP contribution is -2.22. The summed E-state index contributed by atoms with van der Waals surface area (Å²) in [5.74, 6) is 0. The fourth-order valence-electron chi connectivity index (χ4n) is 1.88. The smallest absolute Gasteiger partial charge is 0.173 e. The minimum absolute atomic E-state index is 0.548. The van der Waals surface area contributed by atoms with Crippen LogP contribution in [0.3, 0.4) is 0 Å². The first kappa shape index (κ1) is 12.1. The number of para-hydroxylation sites is 1. The summed E-state index contributed by atoms with van der Waals surface area (Å²) in [4.78, 5) is 6.36. The molecule has 6 heteroatoms. The molecular formula is C13H10N4S2. The maximum Gasteiger partial charge on any atom is 0.173 e. The van der Waals surface area contributed by atoms with Gasteiger partial charge in [-0.2, -0.15) is 5.26 Å². The fraction of sp³-hybridized carbons (Fsp3) is 0.154. The van der Waals surface area contributed by atoms with Crippen LogP contribution in [-0.2, 0) is 0 Å². The van der Waals surface area contributed by atoms with Crippen LogP contribution in [0.2, 0.25) is 0 Å². The van der Waals surface area contributed by atoms with Crippen LogP contribution < -0.4 is 5.32 Å². The third-order valence-corrected chi connectivity index (χ3v) is 4.27. The van der Waals surface area contributed by atoms with Gasteiger partial charge in [-0.05, 0) is 24.4 Å². The van der Waals surface area contributed by atoms with Crippen molar-refractivity contribution >= 4 is 44.5 Å². The highest BCUT2D eigenvalue weighted by atomic mass is 32.1. The third kappa shape index (κ3) is 2.30. The van der Waals surface area contributed by atoms with Gasteiger partial charge in [0.15, 0.2) is 5.11 Å². The topological polar surface area (TPSA) is 52.0 Å². The molecule has 0 spiro atoms. The standard InChI is InChI=1S/C13H10N4S2/c14-7-9(8-17-6-5-15-13(17)18)12-16-10-3-1-2-4-11(10)19-12/h1-4,8H,5-6H2,(H,15,18)/b9-8-. The van der Waals surface area contributed by atoms with Crippen LogP contribution in [0.15, 0.2) is 30.5 Å². The van der Waals surface area contributed by atoms with Crippen molar-refractivity contribution in [2.75, 3.05) is 13.1 Å². The van der Waals surface area contributed by atoms with E-state index in [1.807, 2.05) is 29.2 Å². The predicted molar refractivity (Wildman–Crippen MR) is 80.5 cm³/mol. The Morgan fingerprint density at radius 3 is 3.05 bits per heavy atom. The Hall–Kier alpha value is -1.97. The van der Waals surface area contributed by atoms with E-state index in [0.717, 1.165) is 28.3 Å².